The lowest BCUT2D eigenvalue weighted by atomic mass is 10.1. The molecule has 0 aliphatic heterocycles. The van der Waals surface area contributed by atoms with Crippen LogP contribution in [0.1, 0.15) is 27.4 Å². The van der Waals surface area contributed by atoms with Gasteiger partial charge in [0.2, 0.25) is 0 Å². The summed E-state index contributed by atoms with van der Waals surface area (Å²) in [5.41, 5.74) is 3.45. The van der Waals surface area contributed by atoms with E-state index in [1.165, 1.54) is 6.33 Å². The Kier molecular flexibility index (Phi) is 3.10. The van der Waals surface area contributed by atoms with Gasteiger partial charge in [0, 0.05) is 7.05 Å². The highest BCUT2D eigenvalue weighted by Crippen LogP contribution is 2.15. The molecule has 0 fully saturated rings. The van der Waals surface area contributed by atoms with E-state index in [0.717, 1.165) is 5.69 Å². The molecule has 0 radical (unpaired) electrons. The third-order valence-electron chi connectivity index (χ3n) is 2.94. The van der Waals surface area contributed by atoms with Crippen LogP contribution >= 0.6 is 0 Å². The Hall–Kier alpha value is -2.24. The average Bonchev–Trinajstić information content (AvgIpc) is 2.61. The van der Waals surface area contributed by atoms with Gasteiger partial charge in [-0.2, -0.15) is 5.10 Å². The number of hydrogen-bond acceptors (Lipinski definition) is 4. The van der Waals surface area contributed by atoms with E-state index in [-0.39, 0.29) is 5.91 Å². The van der Waals surface area contributed by atoms with Crippen molar-refractivity contribution >= 4 is 11.6 Å². The number of nitrogens with one attached hydrogen (secondary N) is 1. The third kappa shape index (κ3) is 2.09. The Morgan fingerprint density at radius 1 is 1.22 bits per heavy atom. The molecule has 6 nitrogen and oxygen atoms in total. The molecule has 94 valence electrons. The van der Waals surface area contributed by atoms with Crippen LogP contribution in [0.5, 0.6) is 0 Å². The zero-order valence-electron chi connectivity index (χ0n) is 10.9. The van der Waals surface area contributed by atoms with E-state index in [1.807, 2.05) is 14.0 Å². The lowest BCUT2D eigenvalue weighted by molar-refractivity contribution is 0.102. The molecule has 2 rings (SSSR count). The van der Waals surface area contributed by atoms with E-state index in [9.17, 15) is 4.79 Å². The molecule has 0 bridgehead atoms. The largest absolute Gasteiger partial charge is 0.319 e. The van der Waals surface area contributed by atoms with Gasteiger partial charge < -0.3 is 5.32 Å². The summed E-state index contributed by atoms with van der Waals surface area (Å²) >= 11 is 0. The number of aryl methyl sites for hydroxylation is 3. The van der Waals surface area contributed by atoms with Crippen molar-refractivity contribution in [3.63, 3.8) is 0 Å². The second-order valence-electron chi connectivity index (χ2n) is 4.14. The number of rotatable bonds is 2. The van der Waals surface area contributed by atoms with Crippen molar-refractivity contribution in [2.24, 2.45) is 7.05 Å². The fraction of sp³-hybridized carbons (Fsp3) is 0.333. The van der Waals surface area contributed by atoms with Gasteiger partial charge in [0.25, 0.3) is 5.91 Å². The lowest BCUT2D eigenvalue weighted by Gasteiger charge is -2.08. The van der Waals surface area contributed by atoms with Gasteiger partial charge in [0.05, 0.1) is 34.5 Å². The summed E-state index contributed by atoms with van der Waals surface area (Å²) in [5.74, 6) is -0.207. The van der Waals surface area contributed by atoms with Crippen LogP contribution in [-0.4, -0.2) is 25.7 Å². The van der Waals surface area contributed by atoms with Crippen molar-refractivity contribution < 1.29 is 4.79 Å². The summed E-state index contributed by atoms with van der Waals surface area (Å²) in [6.45, 7) is 5.48. The maximum atomic E-state index is 12.2. The SMILES string of the molecule is Cc1ncnc(C)c1C(=O)Nc1cnn(C)c1C. The van der Waals surface area contributed by atoms with Crippen LogP contribution in [0.15, 0.2) is 12.5 Å². The first kappa shape index (κ1) is 12.2. The van der Waals surface area contributed by atoms with E-state index in [0.29, 0.717) is 22.6 Å². The van der Waals surface area contributed by atoms with E-state index >= 15 is 0 Å². The summed E-state index contributed by atoms with van der Waals surface area (Å²) < 4.78 is 1.71. The molecule has 6 heteroatoms. The molecule has 1 amide bonds. The van der Waals surface area contributed by atoms with Gasteiger partial charge in [-0.3, -0.25) is 9.48 Å². The van der Waals surface area contributed by atoms with Crippen molar-refractivity contribution in [3.05, 3.63) is 35.2 Å². The highest BCUT2D eigenvalue weighted by molar-refractivity contribution is 6.05. The van der Waals surface area contributed by atoms with Crippen molar-refractivity contribution in [2.75, 3.05) is 5.32 Å². The van der Waals surface area contributed by atoms with Gasteiger partial charge in [0.15, 0.2) is 0 Å². The predicted molar refractivity (Wildman–Crippen MR) is 67.4 cm³/mol. The van der Waals surface area contributed by atoms with Gasteiger partial charge in [-0.15, -0.1) is 0 Å². The fourth-order valence-electron chi connectivity index (χ4n) is 1.73. The maximum Gasteiger partial charge on any atom is 0.259 e. The Balaban J connectivity index is 2.31. The zero-order chi connectivity index (χ0) is 13.3. The molecule has 2 aromatic heterocycles. The summed E-state index contributed by atoms with van der Waals surface area (Å²) in [6, 6.07) is 0. The third-order valence-corrected chi connectivity index (χ3v) is 2.94. The Bertz CT molecular complexity index is 582. The van der Waals surface area contributed by atoms with Gasteiger partial charge in [-0.1, -0.05) is 0 Å². The van der Waals surface area contributed by atoms with Crippen LogP contribution in [0.4, 0.5) is 5.69 Å². The molecule has 0 spiro atoms. The number of hydrogen-bond donors (Lipinski definition) is 1. The first-order valence-electron chi connectivity index (χ1n) is 5.59. The molecule has 0 atom stereocenters. The van der Waals surface area contributed by atoms with Gasteiger partial charge in [-0.25, -0.2) is 9.97 Å². The smallest absolute Gasteiger partial charge is 0.259 e. The van der Waals surface area contributed by atoms with Gasteiger partial charge >= 0.3 is 0 Å². The maximum absolute atomic E-state index is 12.2. The standard InChI is InChI=1S/C12H15N5O/c1-7-11(8(2)14-6-13-7)12(18)16-10-5-15-17(4)9(10)3/h5-6H,1-4H3,(H,16,18). The quantitative estimate of drug-likeness (QED) is 0.867. The predicted octanol–water partition coefficient (Wildman–Crippen LogP) is 1.39. The Labute approximate surface area is 105 Å². The highest BCUT2D eigenvalue weighted by atomic mass is 16.1. The molecule has 0 saturated carbocycles. The van der Waals surface area contributed by atoms with Crippen LogP contribution in [0.3, 0.4) is 0 Å². The molecule has 2 heterocycles. The molecule has 0 saturated heterocycles. The molecule has 0 aromatic carbocycles. The number of aromatic nitrogens is 4. The van der Waals surface area contributed by atoms with Crippen molar-refractivity contribution in [3.8, 4) is 0 Å². The van der Waals surface area contributed by atoms with Crippen LogP contribution in [0, 0.1) is 20.8 Å². The Morgan fingerprint density at radius 3 is 2.33 bits per heavy atom. The monoisotopic (exact) mass is 245 g/mol. The minimum Gasteiger partial charge on any atom is -0.319 e. The summed E-state index contributed by atoms with van der Waals surface area (Å²) in [5, 5.41) is 6.91. The minimum atomic E-state index is -0.207. The summed E-state index contributed by atoms with van der Waals surface area (Å²) in [4.78, 5) is 20.3. The van der Waals surface area contributed by atoms with E-state index < -0.39 is 0 Å². The summed E-state index contributed by atoms with van der Waals surface area (Å²) in [7, 11) is 1.83. The number of nitrogens with zero attached hydrogens (tertiary/aromatic N) is 4. The topological polar surface area (TPSA) is 72.7 Å². The first-order valence-corrected chi connectivity index (χ1v) is 5.59. The van der Waals surface area contributed by atoms with Crippen LogP contribution < -0.4 is 5.32 Å². The number of anilines is 1. The van der Waals surface area contributed by atoms with E-state index in [4.69, 9.17) is 0 Å². The van der Waals surface area contributed by atoms with E-state index in [1.54, 1.807) is 24.7 Å². The average molecular weight is 245 g/mol. The second kappa shape index (κ2) is 4.56. The van der Waals surface area contributed by atoms with Crippen molar-refractivity contribution in [2.45, 2.75) is 20.8 Å². The highest BCUT2D eigenvalue weighted by Gasteiger charge is 2.15. The number of carbonyl (C=O) groups is 1. The van der Waals surface area contributed by atoms with Gasteiger partial charge in [0.1, 0.15) is 6.33 Å². The van der Waals surface area contributed by atoms with Gasteiger partial charge in [-0.05, 0) is 20.8 Å². The number of amides is 1. The fourth-order valence-corrected chi connectivity index (χ4v) is 1.73. The molecular weight excluding hydrogens is 230 g/mol. The lowest BCUT2D eigenvalue weighted by Crippen LogP contribution is -2.17. The summed E-state index contributed by atoms with van der Waals surface area (Å²) in [6.07, 6.45) is 3.08. The molecule has 0 aliphatic carbocycles. The van der Waals surface area contributed by atoms with Crippen LogP contribution in [0.2, 0.25) is 0 Å². The molecule has 0 unspecified atom stereocenters. The number of carbonyl (C=O) groups excluding carboxylic acids is 1. The molecule has 1 N–H and O–H groups in total. The van der Waals surface area contributed by atoms with Crippen LogP contribution in [-0.2, 0) is 7.05 Å². The Morgan fingerprint density at radius 2 is 1.83 bits per heavy atom. The van der Waals surface area contributed by atoms with Crippen LogP contribution in [0.25, 0.3) is 0 Å². The zero-order valence-corrected chi connectivity index (χ0v) is 10.9. The normalized spacial score (nSPS) is 10.4. The molecule has 0 aliphatic rings. The first-order chi connectivity index (χ1) is 8.50. The molecular formula is C12H15N5O. The minimum absolute atomic E-state index is 0.207. The van der Waals surface area contributed by atoms with E-state index in [2.05, 4.69) is 20.4 Å². The molecule has 2 aromatic rings. The second-order valence-corrected chi connectivity index (χ2v) is 4.14. The van der Waals surface area contributed by atoms with Crippen molar-refractivity contribution in [1.82, 2.24) is 19.7 Å². The van der Waals surface area contributed by atoms with Crippen molar-refractivity contribution in [1.29, 1.82) is 0 Å². The molecule has 18 heavy (non-hydrogen) atoms.